The molecule has 0 N–H and O–H groups in total. The van der Waals surface area contributed by atoms with Gasteiger partial charge >= 0.3 is 6.03 Å². The lowest BCUT2D eigenvalue weighted by atomic mass is 10.1. The molecule has 2 saturated heterocycles. The molecule has 2 amide bonds. The summed E-state index contributed by atoms with van der Waals surface area (Å²) in [6.07, 6.45) is 0.934. The van der Waals surface area contributed by atoms with Gasteiger partial charge < -0.3 is 19.3 Å². The first-order valence-electron chi connectivity index (χ1n) is 8.43. The fraction of sp³-hybridized carbons (Fsp3) is 0.588. The molecule has 1 aromatic rings. The van der Waals surface area contributed by atoms with Crippen LogP contribution in [-0.2, 0) is 15.9 Å². The summed E-state index contributed by atoms with van der Waals surface area (Å²) in [5.41, 5.74) is 3.59. The number of hydrogen-bond acceptors (Lipinski definition) is 4. The summed E-state index contributed by atoms with van der Waals surface area (Å²) in [7, 11) is 0. The number of ether oxygens (including phenoxy) is 2. The number of anilines is 2. The summed E-state index contributed by atoms with van der Waals surface area (Å²) >= 11 is 0. The first-order chi connectivity index (χ1) is 11.3. The van der Waals surface area contributed by atoms with Crippen LogP contribution in [0.15, 0.2) is 18.2 Å². The number of carbonyl (C=O) groups excluding carboxylic acids is 1. The number of urea groups is 1. The molecule has 2 fully saturated rings. The second-order valence-corrected chi connectivity index (χ2v) is 6.20. The van der Waals surface area contributed by atoms with Crippen molar-refractivity contribution in [2.24, 2.45) is 0 Å². The van der Waals surface area contributed by atoms with E-state index < -0.39 is 0 Å². The maximum atomic E-state index is 12.7. The number of nitrogens with zero attached hydrogens (tertiary/aromatic N) is 3. The highest BCUT2D eigenvalue weighted by atomic mass is 16.5. The fourth-order valence-electron chi connectivity index (χ4n) is 3.53. The SMILES string of the molecule is O=C(N1CCOCC1)N1CCc2cc(N3CCOCC3)ccc21. The highest BCUT2D eigenvalue weighted by Gasteiger charge is 2.29. The smallest absolute Gasteiger partial charge is 0.324 e. The monoisotopic (exact) mass is 317 g/mol. The highest BCUT2D eigenvalue weighted by Crippen LogP contribution is 2.32. The molecule has 0 radical (unpaired) electrons. The topological polar surface area (TPSA) is 45.2 Å². The first kappa shape index (κ1) is 14.8. The van der Waals surface area contributed by atoms with Gasteiger partial charge in [0.25, 0.3) is 0 Å². The first-order valence-corrected chi connectivity index (χ1v) is 8.43. The van der Waals surface area contributed by atoms with Crippen molar-refractivity contribution < 1.29 is 14.3 Å². The summed E-state index contributed by atoms with van der Waals surface area (Å²) in [5, 5.41) is 0. The molecule has 0 aromatic heterocycles. The van der Waals surface area contributed by atoms with E-state index in [0.717, 1.165) is 45.0 Å². The molecule has 124 valence electrons. The van der Waals surface area contributed by atoms with Gasteiger partial charge in [0.2, 0.25) is 0 Å². The number of amides is 2. The third-order valence-corrected chi connectivity index (χ3v) is 4.85. The zero-order chi connectivity index (χ0) is 15.6. The van der Waals surface area contributed by atoms with Crippen LogP contribution in [0, 0.1) is 0 Å². The molecular formula is C17H23N3O3. The third-order valence-electron chi connectivity index (χ3n) is 4.85. The largest absolute Gasteiger partial charge is 0.378 e. The fourth-order valence-corrected chi connectivity index (χ4v) is 3.53. The Balaban J connectivity index is 1.51. The molecule has 0 aliphatic carbocycles. The molecule has 1 aromatic carbocycles. The Morgan fingerprint density at radius 3 is 2.35 bits per heavy atom. The number of hydrogen-bond donors (Lipinski definition) is 0. The number of morpholine rings is 2. The van der Waals surface area contributed by atoms with Crippen LogP contribution in [-0.4, -0.2) is 70.1 Å². The summed E-state index contributed by atoms with van der Waals surface area (Å²) in [4.78, 5) is 18.9. The van der Waals surface area contributed by atoms with Gasteiger partial charge in [-0.2, -0.15) is 0 Å². The molecule has 23 heavy (non-hydrogen) atoms. The van der Waals surface area contributed by atoms with E-state index in [9.17, 15) is 4.79 Å². The molecule has 4 rings (SSSR count). The Bertz CT molecular complexity index is 580. The van der Waals surface area contributed by atoms with Gasteiger partial charge in [-0.05, 0) is 30.2 Å². The molecule has 0 saturated carbocycles. The van der Waals surface area contributed by atoms with E-state index in [2.05, 4.69) is 23.1 Å². The number of rotatable bonds is 1. The van der Waals surface area contributed by atoms with Crippen LogP contribution in [0.5, 0.6) is 0 Å². The number of benzene rings is 1. The molecule has 6 heteroatoms. The van der Waals surface area contributed by atoms with Crippen LogP contribution in [0.4, 0.5) is 16.2 Å². The van der Waals surface area contributed by atoms with E-state index >= 15 is 0 Å². The molecule has 0 bridgehead atoms. The summed E-state index contributed by atoms with van der Waals surface area (Å²) < 4.78 is 10.8. The average molecular weight is 317 g/mol. The third kappa shape index (κ3) is 2.88. The van der Waals surface area contributed by atoms with Gasteiger partial charge in [0.15, 0.2) is 0 Å². The van der Waals surface area contributed by atoms with Gasteiger partial charge in [-0.15, -0.1) is 0 Å². The van der Waals surface area contributed by atoms with Gasteiger partial charge in [0, 0.05) is 44.1 Å². The predicted octanol–water partition coefficient (Wildman–Crippen LogP) is 1.34. The van der Waals surface area contributed by atoms with Gasteiger partial charge in [-0.1, -0.05) is 0 Å². The van der Waals surface area contributed by atoms with Crippen molar-refractivity contribution in [3.63, 3.8) is 0 Å². The Labute approximate surface area is 136 Å². The quantitative estimate of drug-likeness (QED) is 0.784. The Kier molecular flexibility index (Phi) is 4.10. The molecular weight excluding hydrogens is 294 g/mol. The molecule has 0 unspecified atom stereocenters. The minimum Gasteiger partial charge on any atom is -0.378 e. The van der Waals surface area contributed by atoms with Gasteiger partial charge in [-0.25, -0.2) is 4.79 Å². The molecule has 6 nitrogen and oxygen atoms in total. The van der Waals surface area contributed by atoms with E-state index in [1.165, 1.54) is 11.3 Å². The normalized spacial score (nSPS) is 21.5. The lowest BCUT2D eigenvalue weighted by molar-refractivity contribution is 0.0550. The van der Waals surface area contributed by atoms with E-state index in [4.69, 9.17) is 9.47 Å². The van der Waals surface area contributed by atoms with Crippen molar-refractivity contribution in [2.45, 2.75) is 6.42 Å². The Hall–Kier alpha value is -1.79. The van der Waals surface area contributed by atoms with E-state index in [1.54, 1.807) is 0 Å². The minimum absolute atomic E-state index is 0.117. The van der Waals surface area contributed by atoms with Gasteiger partial charge in [0.1, 0.15) is 0 Å². The summed E-state index contributed by atoms with van der Waals surface area (Å²) in [6, 6.07) is 6.60. The van der Waals surface area contributed by atoms with E-state index in [0.29, 0.717) is 26.3 Å². The lowest BCUT2D eigenvalue weighted by Gasteiger charge is -2.31. The van der Waals surface area contributed by atoms with Crippen molar-refractivity contribution in [1.29, 1.82) is 0 Å². The summed E-state index contributed by atoms with van der Waals surface area (Å²) in [5.74, 6) is 0. The Morgan fingerprint density at radius 2 is 1.61 bits per heavy atom. The second-order valence-electron chi connectivity index (χ2n) is 6.20. The number of carbonyl (C=O) groups is 1. The zero-order valence-electron chi connectivity index (χ0n) is 13.4. The maximum absolute atomic E-state index is 12.7. The van der Waals surface area contributed by atoms with Crippen LogP contribution in [0.2, 0.25) is 0 Å². The van der Waals surface area contributed by atoms with Crippen molar-refractivity contribution in [2.75, 3.05) is 69.0 Å². The second kappa shape index (κ2) is 6.37. The Morgan fingerprint density at radius 1 is 0.913 bits per heavy atom. The van der Waals surface area contributed by atoms with Crippen LogP contribution >= 0.6 is 0 Å². The van der Waals surface area contributed by atoms with Crippen molar-refractivity contribution >= 4 is 17.4 Å². The van der Waals surface area contributed by atoms with E-state index in [-0.39, 0.29) is 6.03 Å². The molecule has 3 aliphatic rings. The molecule has 3 aliphatic heterocycles. The standard InChI is InChI=1S/C17H23N3O3/c21-17(19-7-11-23-12-8-19)20-4-3-14-13-15(1-2-16(14)20)18-5-9-22-10-6-18/h1-2,13H,3-12H2. The molecule has 0 spiro atoms. The average Bonchev–Trinajstić information content (AvgIpc) is 3.05. The van der Waals surface area contributed by atoms with Crippen LogP contribution < -0.4 is 9.80 Å². The van der Waals surface area contributed by atoms with Crippen molar-refractivity contribution in [1.82, 2.24) is 4.90 Å². The van der Waals surface area contributed by atoms with Crippen LogP contribution in [0.1, 0.15) is 5.56 Å². The molecule has 0 atom stereocenters. The van der Waals surface area contributed by atoms with Crippen LogP contribution in [0.25, 0.3) is 0 Å². The molecule has 3 heterocycles. The summed E-state index contributed by atoms with van der Waals surface area (Å²) in [6.45, 7) is 6.90. The maximum Gasteiger partial charge on any atom is 0.324 e. The highest BCUT2D eigenvalue weighted by molar-refractivity contribution is 5.94. The number of fused-ring (bicyclic) bond motifs is 1. The minimum atomic E-state index is 0.117. The van der Waals surface area contributed by atoms with Gasteiger partial charge in [-0.3, -0.25) is 4.90 Å². The lowest BCUT2D eigenvalue weighted by Crippen LogP contribution is -2.47. The van der Waals surface area contributed by atoms with Crippen LogP contribution in [0.3, 0.4) is 0 Å². The van der Waals surface area contributed by atoms with Gasteiger partial charge in [0.05, 0.1) is 26.4 Å². The van der Waals surface area contributed by atoms with Crippen molar-refractivity contribution in [3.05, 3.63) is 23.8 Å². The van der Waals surface area contributed by atoms with Crippen molar-refractivity contribution in [3.8, 4) is 0 Å². The predicted molar refractivity (Wildman–Crippen MR) is 88.3 cm³/mol. The van der Waals surface area contributed by atoms with E-state index in [1.807, 2.05) is 9.80 Å². The zero-order valence-corrected chi connectivity index (χ0v) is 13.4.